The van der Waals surface area contributed by atoms with E-state index >= 15 is 0 Å². The highest BCUT2D eigenvalue weighted by molar-refractivity contribution is 5.15. The summed E-state index contributed by atoms with van der Waals surface area (Å²) in [5.41, 5.74) is 3.07. The highest BCUT2D eigenvalue weighted by Crippen LogP contribution is 2.39. The van der Waals surface area contributed by atoms with Gasteiger partial charge in [-0.3, -0.25) is 9.80 Å². The fourth-order valence-electron chi connectivity index (χ4n) is 5.07. The molecular formula is C24H34N4. The quantitative estimate of drug-likeness (QED) is 0.768. The van der Waals surface area contributed by atoms with Crippen molar-refractivity contribution in [2.75, 3.05) is 26.2 Å². The Morgan fingerprint density at radius 1 is 0.929 bits per heavy atom. The van der Waals surface area contributed by atoms with Gasteiger partial charge in [0.05, 0.1) is 5.69 Å². The molecule has 3 heterocycles. The maximum absolute atomic E-state index is 4.81. The molecule has 0 amide bonds. The van der Waals surface area contributed by atoms with E-state index in [-0.39, 0.29) is 0 Å². The second kappa shape index (κ2) is 8.71. The first-order chi connectivity index (χ1) is 13.6. The Labute approximate surface area is 170 Å². The Balaban J connectivity index is 1.40. The molecule has 1 aromatic heterocycles. The molecule has 0 aliphatic carbocycles. The predicted molar refractivity (Wildman–Crippen MR) is 114 cm³/mol. The number of benzene rings is 1. The van der Waals surface area contributed by atoms with E-state index in [1.54, 1.807) is 0 Å². The summed E-state index contributed by atoms with van der Waals surface area (Å²) in [5, 5.41) is 0. The number of aromatic nitrogens is 2. The molecule has 2 fully saturated rings. The summed E-state index contributed by atoms with van der Waals surface area (Å²) in [6.07, 6.45) is 7.30. The minimum absolute atomic E-state index is 0.387. The van der Waals surface area contributed by atoms with Gasteiger partial charge < -0.3 is 0 Å². The molecule has 0 N–H and O–H groups in total. The van der Waals surface area contributed by atoms with Gasteiger partial charge >= 0.3 is 0 Å². The van der Waals surface area contributed by atoms with Crippen molar-refractivity contribution in [2.45, 2.75) is 58.5 Å². The average Bonchev–Trinajstić information content (AvgIpc) is 2.69. The minimum atomic E-state index is 0.387. The smallest absolute Gasteiger partial charge is 0.131 e. The normalized spacial score (nSPS) is 24.1. The zero-order valence-corrected chi connectivity index (χ0v) is 17.5. The van der Waals surface area contributed by atoms with Crippen LogP contribution in [-0.4, -0.2) is 45.9 Å². The monoisotopic (exact) mass is 378 g/mol. The number of nitrogens with zero attached hydrogens (tertiary/aromatic N) is 4. The van der Waals surface area contributed by atoms with E-state index in [1.165, 1.54) is 63.1 Å². The van der Waals surface area contributed by atoms with Crippen LogP contribution in [0.2, 0.25) is 0 Å². The fourth-order valence-corrected chi connectivity index (χ4v) is 5.07. The Morgan fingerprint density at radius 2 is 1.61 bits per heavy atom. The highest BCUT2D eigenvalue weighted by Gasteiger charge is 2.39. The first-order valence-electron chi connectivity index (χ1n) is 10.9. The molecule has 0 radical (unpaired) electrons. The Morgan fingerprint density at radius 3 is 2.29 bits per heavy atom. The van der Waals surface area contributed by atoms with Crippen molar-refractivity contribution in [3.63, 3.8) is 0 Å². The molecule has 2 saturated heterocycles. The summed E-state index contributed by atoms with van der Waals surface area (Å²) < 4.78 is 0. The lowest BCUT2D eigenvalue weighted by Gasteiger charge is -2.48. The minimum Gasteiger partial charge on any atom is -0.298 e. The highest BCUT2D eigenvalue weighted by atomic mass is 15.2. The molecule has 4 heteroatoms. The summed E-state index contributed by atoms with van der Waals surface area (Å²) in [4.78, 5) is 14.6. The molecule has 0 bridgehead atoms. The van der Waals surface area contributed by atoms with Gasteiger partial charge in [0.15, 0.2) is 0 Å². The van der Waals surface area contributed by atoms with Crippen LogP contribution in [0.1, 0.15) is 62.5 Å². The lowest BCUT2D eigenvalue weighted by atomic mass is 9.73. The van der Waals surface area contributed by atoms with Crippen LogP contribution in [0.15, 0.2) is 42.6 Å². The molecule has 4 rings (SSSR count). The van der Waals surface area contributed by atoms with E-state index in [0.29, 0.717) is 11.3 Å². The van der Waals surface area contributed by atoms with Crippen molar-refractivity contribution in [1.29, 1.82) is 0 Å². The second-order valence-corrected chi connectivity index (χ2v) is 9.17. The van der Waals surface area contributed by atoms with Gasteiger partial charge in [-0.05, 0) is 55.8 Å². The van der Waals surface area contributed by atoms with E-state index in [1.807, 2.05) is 6.20 Å². The first-order valence-corrected chi connectivity index (χ1v) is 10.9. The Hall–Kier alpha value is -1.78. The fraction of sp³-hybridized carbons (Fsp3) is 0.583. The van der Waals surface area contributed by atoms with Crippen LogP contribution >= 0.6 is 0 Å². The molecule has 2 aromatic rings. The van der Waals surface area contributed by atoms with E-state index in [0.717, 1.165) is 18.9 Å². The molecule has 2 aliphatic rings. The van der Waals surface area contributed by atoms with E-state index in [4.69, 9.17) is 4.98 Å². The van der Waals surface area contributed by atoms with Crippen molar-refractivity contribution < 1.29 is 0 Å². The van der Waals surface area contributed by atoms with Crippen LogP contribution in [-0.2, 0) is 13.1 Å². The number of likely N-dealkylation sites (tertiary alicyclic amines) is 2. The third-order valence-electron chi connectivity index (χ3n) is 6.36. The van der Waals surface area contributed by atoms with E-state index < -0.39 is 0 Å². The largest absolute Gasteiger partial charge is 0.298 e. The van der Waals surface area contributed by atoms with Gasteiger partial charge in [0.1, 0.15) is 5.82 Å². The van der Waals surface area contributed by atoms with Crippen molar-refractivity contribution in [2.24, 2.45) is 5.41 Å². The lowest BCUT2D eigenvalue weighted by Crippen LogP contribution is -2.51. The average molecular weight is 379 g/mol. The van der Waals surface area contributed by atoms with Crippen molar-refractivity contribution in [3.05, 3.63) is 59.7 Å². The third-order valence-corrected chi connectivity index (χ3v) is 6.36. The molecule has 4 nitrogen and oxygen atoms in total. The summed E-state index contributed by atoms with van der Waals surface area (Å²) >= 11 is 0. The molecule has 1 atom stereocenters. The van der Waals surface area contributed by atoms with Crippen LogP contribution in [0.3, 0.4) is 0 Å². The Kier molecular flexibility index (Phi) is 6.07. The second-order valence-electron chi connectivity index (χ2n) is 9.17. The van der Waals surface area contributed by atoms with Gasteiger partial charge in [0.2, 0.25) is 0 Å². The van der Waals surface area contributed by atoms with Crippen molar-refractivity contribution in [1.82, 2.24) is 19.8 Å². The van der Waals surface area contributed by atoms with Gasteiger partial charge in [-0.1, -0.05) is 44.2 Å². The maximum Gasteiger partial charge on any atom is 0.131 e. The van der Waals surface area contributed by atoms with E-state index in [2.05, 4.69) is 65.0 Å². The summed E-state index contributed by atoms with van der Waals surface area (Å²) in [7, 11) is 0. The number of hydrogen-bond donors (Lipinski definition) is 0. The summed E-state index contributed by atoms with van der Waals surface area (Å²) in [6, 6.07) is 13.0. The Bertz CT molecular complexity index is 756. The van der Waals surface area contributed by atoms with Crippen LogP contribution in [0.25, 0.3) is 0 Å². The zero-order chi connectivity index (χ0) is 19.4. The molecule has 0 saturated carbocycles. The molecule has 1 spiro atoms. The van der Waals surface area contributed by atoms with Crippen LogP contribution in [0.4, 0.5) is 0 Å². The predicted octanol–water partition coefficient (Wildman–Crippen LogP) is 4.48. The van der Waals surface area contributed by atoms with Crippen LogP contribution in [0.5, 0.6) is 0 Å². The van der Waals surface area contributed by atoms with Gasteiger partial charge in [-0.15, -0.1) is 0 Å². The van der Waals surface area contributed by atoms with Gasteiger partial charge in [0.25, 0.3) is 0 Å². The molecule has 1 aromatic carbocycles. The topological polar surface area (TPSA) is 32.3 Å². The van der Waals surface area contributed by atoms with E-state index in [9.17, 15) is 0 Å². The lowest BCUT2D eigenvalue weighted by molar-refractivity contribution is 0.00733. The summed E-state index contributed by atoms with van der Waals surface area (Å²) in [5.74, 6) is 1.36. The first kappa shape index (κ1) is 19.5. The number of hydrogen-bond acceptors (Lipinski definition) is 4. The van der Waals surface area contributed by atoms with Gasteiger partial charge in [-0.25, -0.2) is 9.97 Å². The van der Waals surface area contributed by atoms with Crippen molar-refractivity contribution in [3.8, 4) is 0 Å². The molecule has 150 valence electrons. The number of piperidine rings is 2. The maximum atomic E-state index is 4.81. The SMILES string of the molecule is CC(C)c1nccc(CN2CCCC3(CCCN(Cc4ccccc4)C3)C2)n1. The zero-order valence-electron chi connectivity index (χ0n) is 17.5. The van der Waals surface area contributed by atoms with Gasteiger partial charge in [-0.2, -0.15) is 0 Å². The van der Waals surface area contributed by atoms with Crippen LogP contribution < -0.4 is 0 Å². The molecular weight excluding hydrogens is 344 g/mol. The van der Waals surface area contributed by atoms with Gasteiger partial charge in [0, 0.05) is 38.3 Å². The summed E-state index contributed by atoms with van der Waals surface area (Å²) in [6.45, 7) is 11.3. The standard InChI is InChI=1S/C24H34N4/c1-20(2)23-25-13-10-22(26-23)17-28-15-7-12-24(19-28)11-6-14-27(18-24)16-21-8-4-3-5-9-21/h3-5,8-10,13,20H,6-7,11-12,14-19H2,1-2H3. The van der Waals surface area contributed by atoms with Crippen LogP contribution in [0, 0.1) is 5.41 Å². The third kappa shape index (κ3) is 4.79. The van der Waals surface area contributed by atoms with Crippen molar-refractivity contribution >= 4 is 0 Å². The number of rotatable bonds is 5. The molecule has 1 unspecified atom stereocenters. The molecule has 28 heavy (non-hydrogen) atoms. The molecule has 2 aliphatic heterocycles.